The summed E-state index contributed by atoms with van der Waals surface area (Å²) in [4.78, 5) is 18.6. The first kappa shape index (κ1) is 9.89. The van der Waals surface area contributed by atoms with Crippen LogP contribution in [0, 0.1) is 0 Å². The molecule has 1 aromatic heterocycles. The summed E-state index contributed by atoms with van der Waals surface area (Å²) in [5.74, 6) is -0.628. The first-order chi connectivity index (χ1) is 7.09. The molecule has 1 aromatic rings. The van der Waals surface area contributed by atoms with E-state index in [9.17, 15) is 4.79 Å². The lowest BCUT2D eigenvalue weighted by molar-refractivity contribution is 0.0690. The maximum Gasteiger partial charge on any atom is 0.354 e. The van der Waals surface area contributed by atoms with E-state index in [-0.39, 0.29) is 11.2 Å². The Bertz CT molecular complexity index is 388. The molecule has 5 heteroatoms. The van der Waals surface area contributed by atoms with Crippen LogP contribution in [-0.4, -0.2) is 26.6 Å². The van der Waals surface area contributed by atoms with Gasteiger partial charge in [0.2, 0.25) is 5.95 Å². The van der Waals surface area contributed by atoms with Crippen molar-refractivity contribution in [3.05, 3.63) is 18.0 Å². The van der Waals surface area contributed by atoms with Gasteiger partial charge in [-0.25, -0.2) is 14.8 Å². The number of rotatable bonds is 3. The minimum Gasteiger partial charge on any atom is -0.477 e. The molecule has 80 valence electrons. The van der Waals surface area contributed by atoms with E-state index in [4.69, 9.17) is 5.11 Å². The van der Waals surface area contributed by atoms with Crippen LogP contribution in [0.3, 0.4) is 0 Å². The maximum absolute atomic E-state index is 10.7. The maximum atomic E-state index is 10.7. The molecule has 0 spiro atoms. The molecule has 5 nitrogen and oxygen atoms in total. The molecule has 2 rings (SSSR count). The van der Waals surface area contributed by atoms with E-state index in [1.54, 1.807) is 0 Å². The van der Waals surface area contributed by atoms with Crippen molar-refractivity contribution in [1.29, 1.82) is 0 Å². The summed E-state index contributed by atoms with van der Waals surface area (Å²) in [5, 5.41) is 11.9. The number of hydrogen-bond acceptors (Lipinski definition) is 4. The molecule has 0 radical (unpaired) electrons. The summed E-state index contributed by atoms with van der Waals surface area (Å²) < 4.78 is 0. The van der Waals surface area contributed by atoms with E-state index >= 15 is 0 Å². The fraction of sp³-hybridized carbons (Fsp3) is 0.500. The summed E-state index contributed by atoms with van der Waals surface area (Å²) >= 11 is 0. The third-order valence-corrected chi connectivity index (χ3v) is 2.75. The highest BCUT2D eigenvalue weighted by molar-refractivity contribution is 5.85. The Balaban J connectivity index is 2.14. The first-order valence-corrected chi connectivity index (χ1v) is 4.94. The van der Waals surface area contributed by atoms with Crippen molar-refractivity contribution in [1.82, 2.24) is 9.97 Å². The topological polar surface area (TPSA) is 75.1 Å². The second-order valence-corrected chi connectivity index (χ2v) is 4.11. The third kappa shape index (κ3) is 2.06. The van der Waals surface area contributed by atoms with E-state index in [0.29, 0.717) is 5.95 Å². The van der Waals surface area contributed by atoms with Crippen LogP contribution in [-0.2, 0) is 0 Å². The van der Waals surface area contributed by atoms with Gasteiger partial charge in [-0.2, -0.15) is 0 Å². The van der Waals surface area contributed by atoms with Crippen LogP contribution in [0.1, 0.15) is 36.7 Å². The number of hydrogen-bond donors (Lipinski definition) is 2. The van der Waals surface area contributed by atoms with E-state index in [2.05, 4.69) is 22.2 Å². The standard InChI is InChI=1S/C10H13N3O2/c1-10(4-2-5-10)13-9-11-6-3-7(12-9)8(14)15/h3,6H,2,4-5H2,1H3,(H,14,15)(H,11,12,13). The predicted octanol–water partition coefficient (Wildman–Crippen LogP) is 1.53. The molecule has 0 aromatic carbocycles. The van der Waals surface area contributed by atoms with Crippen molar-refractivity contribution in [2.45, 2.75) is 31.7 Å². The number of carboxylic acids is 1. The van der Waals surface area contributed by atoms with Gasteiger partial charge in [0.15, 0.2) is 5.69 Å². The SMILES string of the molecule is CC1(Nc2nccc(C(=O)O)n2)CCC1. The van der Waals surface area contributed by atoms with Gasteiger partial charge in [-0.05, 0) is 32.3 Å². The van der Waals surface area contributed by atoms with Gasteiger partial charge < -0.3 is 10.4 Å². The minimum absolute atomic E-state index is 0.0235. The van der Waals surface area contributed by atoms with Crippen molar-refractivity contribution >= 4 is 11.9 Å². The molecule has 0 bridgehead atoms. The van der Waals surface area contributed by atoms with E-state index in [1.165, 1.54) is 18.7 Å². The van der Waals surface area contributed by atoms with Gasteiger partial charge in [0.05, 0.1) is 0 Å². The van der Waals surface area contributed by atoms with Crippen molar-refractivity contribution in [2.24, 2.45) is 0 Å². The van der Waals surface area contributed by atoms with Gasteiger partial charge in [0.1, 0.15) is 0 Å². The number of aromatic carboxylic acids is 1. The predicted molar refractivity (Wildman–Crippen MR) is 54.9 cm³/mol. The molecular formula is C10H13N3O2. The molecule has 1 heterocycles. The number of nitrogens with one attached hydrogen (secondary N) is 1. The van der Waals surface area contributed by atoms with Crippen molar-refractivity contribution < 1.29 is 9.90 Å². The van der Waals surface area contributed by atoms with Crippen LogP contribution >= 0.6 is 0 Å². The zero-order valence-corrected chi connectivity index (χ0v) is 8.53. The van der Waals surface area contributed by atoms with Crippen LogP contribution in [0.15, 0.2) is 12.3 Å². The highest BCUT2D eigenvalue weighted by atomic mass is 16.4. The summed E-state index contributed by atoms with van der Waals surface area (Å²) in [6, 6.07) is 1.39. The summed E-state index contributed by atoms with van der Waals surface area (Å²) in [6.07, 6.45) is 4.81. The van der Waals surface area contributed by atoms with Crippen LogP contribution in [0.25, 0.3) is 0 Å². The molecule has 1 aliphatic rings. The summed E-state index contributed by atoms with van der Waals surface area (Å²) in [5.41, 5.74) is 0.0624. The molecule has 1 fully saturated rings. The van der Waals surface area contributed by atoms with E-state index in [1.807, 2.05) is 0 Å². The van der Waals surface area contributed by atoms with E-state index < -0.39 is 5.97 Å². The Hall–Kier alpha value is -1.65. The van der Waals surface area contributed by atoms with Gasteiger partial charge in [-0.1, -0.05) is 0 Å². The lowest BCUT2D eigenvalue weighted by Gasteiger charge is -2.39. The Morgan fingerprint density at radius 2 is 2.33 bits per heavy atom. The van der Waals surface area contributed by atoms with Crippen molar-refractivity contribution in [2.75, 3.05) is 5.32 Å². The molecule has 0 atom stereocenters. The normalized spacial score (nSPS) is 17.9. The monoisotopic (exact) mass is 207 g/mol. The van der Waals surface area contributed by atoms with Gasteiger partial charge in [0, 0.05) is 11.7 Å². The molecule has 1 aliphatic carbocycles. The number of nitrogens with zero attached hydrogens (tertiary/aromatic N) is 2. The lowest BCUT2D eigenvalue weighted by Crippen LogP contribution is -2.42. The van der Waals surface area contributed by atoms with Gasteiger partial charge >= 0.3 is 5.97 Å². The lowest BCUT2D eigenvalue weighted by atomic mass is 9.79. The van der Waals surface area contributed by atoms with Crippen LogP contribution in [0.4, 0.5) is 5.95 Å². The Labute approximate surface area is 87.6 Å². The average molecular weight is 207 g/mol. The highest BCUT2D eigenvalue weighted by Crippen LogP contribution is 2.33. The minimum atomic E-state index is -1.03. The molecular weight excluding hydrogens is 194 g/mol. The zero-order valence-electron chi connectivity index (χ0n) is 8.53. The molecule has 0 unspecified atom stereocenters. The Morgan fingerprint density at radius 3 is 2.87 bits per heavy atom. The summed E-state index contributed by atoms with van der Waals surface area (Å²) in [7, 11) is 0. The second kappa shape index (κ2) is 3.49. The van der Waals surface area contributed by atoms with Crippen LogP contribution in [0.5, 0.6) is 0 Å². The van der Waals surface area contributed by atoms with Crippen molar-refractivity contribution in [3.63, 3.8) is 0 Å². The van der Waals surface area contributed by atoms with Crippen LogP contribution in [0.2, 0.25) is 0 Å². The van der Waals surface area contributed by atoms with Crippen LogP contribution < -0.4 is 5.32 Å². The fourth-order valence-electron chi connectivity index (χ4n) is 1.64. The number of carbonyl (C=O) groups is 1. The zero-order chi connectivity index (χ0) is 10.9. The fourth-order valence-corrected chi connectivity index (χ4v) is 1.64. The molecule has 15 heavy (non-hydrogen) atoms. The Kier molecular flexibility index (Phi) is 2.30. The molecule has 1 saturated carbocycles. The third-order valence-electron chi connectivity index (χ3n) is 2.75. The average Bonchev–Trinajstić information content (AvgIpc) is 2.16. The number of aromatic nitrogens is 2. The summed E-state index contributed by atoms with van der Waals surface area (Å²) in [6.45, 7) is 2.09. The largest absolute Gasteiger partial charge is 0.477 e. The highest BCUT2D eigenvalue weighted by Gasteiger charge is 2.32. The van der Waals surface area contributed by atoms with Gasteiger partial charge in [-0.3, -0.25) is 0 Å². The van der Waals surface area contributed by atoms with Gasteiger partial charge in [-0.15, -0.1) is 0 Å². The molecule has 0 saturated heterocycles. The molecule has 0 aliphatic heterocycles. The number of carboxylic acid groups (broad SMARTS) is 1. The molecule has 2 N–H and O–H groups in total. The quantitative estimate of drug-likeness (QED) is 0.786. The molecule has 0 amide bonds. The van der Waals surface area contributed by atoms with Gasteiger partial charge in [0.25, 0.3) is 0 Å². The second-order valence-electron chi connectivity index (χ2n) is 4.11. The smallest absolute Gasteiger partial charge is 0.354 e. The Morgan fingerprint density at radius 1 is 1.60 bits per heavy atom. The number of anilines is 1. The van der Waals surface area contributed by atoms with E-state index in [0.717, 1.165) is 12.8 Å². The first-order valence-electron chi connectivity index (χ1n) is 4.94. The van der Waals surface area contributed by atoms with Crippen molar-refractivity contribution in [3.8, 4) is 0 Å².